The van der Waals surface area contributed by atoms with Crippen molar-refractivity contribution in [3.8, 4) is 11.5 Å². The fourth-order valence-corrected chi connectivity index (χ4v) is 3.72. The molecule has 2 heterocycles. The van der Waals surface area contributed by atoms with E-state index in [-0.39, 0.29) is 18.0 Å². The zero-order valence-corrected chi connectivity index (χ0v) is 17.0. The molecule has 2 unspecified atom stereocenters. The van der Waals surface area contributed by atoms with Crippen molar-refractivity contribution in [2.45, 2.75) is 44.8 Å². The van der Waals surface area contributed by atoms with Crippen LogP contribution in [0.4, 0.5) is 0 Å². The van der Waals surface area contributed by atoms with Crippen molar-refractivity contribution in [3.63, 3.8) is 0 Å². The van der Waals surface area contributed by atoms with Gasteiger partial charge in [-0.1, -0.05) is 17.7 Å². The highest BCUT2D eigenvalue weighted by molar-refractivity contribution is 6.30. The summed E-state index contributed by atoms with van der Waals surface area (Å²) >= 11 is 6.05. The average molecular weight is 404 g/mol. The SMILES string of the molecule is CC(C(=O)NC1CC1)N1CCN(C(C)c2nnc(-c3cccc(Cl)c3)o2)CC1. The van der Waals surface area contributed by atoms with E-state index in [1.54, 1.807) is 0 Å². The van der Waals surface area contributed by atoms with Gasteiger partial charge in [-0.3, -0.25) is 14.6 Å². The number of piperazine rings is 1. The van der Waals surface area contributed by atoms with E-state index < -0.39 is 0 Å². The van der Waals surface area contributed by atoms with Crippen LogP contribution in [0, 0.1) is 0 Å². The van der Waals surface area contributed by atoms with E-state index in [0.29, 0.717) is 22.8 Å². The number of carbonyl (C=O) groups excluding carboxylic acids is 1. The zero-order chi connectivity index (χ0) is 19.7. The number of rotatable bonds is 6. The topological polar surface area (TPSA) is 74.5 Å². The Labute approximate surface area is 170 Å². The fraction of sp³-hybridized carbons (Fsp3) is 0.550. The lowest BCUT2D eigenvalue weighted by Gasteiger charge is -2.39. The minimum atomic E-state index is -0.0871. The van der Waals surface area contributed by atoms with Crippen LogP contribution in [0.5, 0.6) is 0 Å². The van der Waals surface area contributed by atoms with Gasteiger partial charge in [0.15, 0.2) is 0 Å². The number of hydrogen-bond acceptors (Lipinski definition) is 6. The van der Waals surface area contributed by atoms with Gasteiger partial charge < -0.3 is 9.73 Å². The van der Waals surface area contributed by atoms with Crippen LogP contribution in [0.2, 0.25) is 5.02 Å². The van der Waals surface area contributed by atoms with E-state index >= 15 is 0 Å². The van der Waals surface area contributed by atoms with Crippen molar-refractivity contribution in [3.05, 3.63) is 35.2 Å². The predicted octanol–water partition coefficient (Wildman–Crippen LogP) is 2.74. The number of amides is 1. The molecule has 1 saturated carbocycles. The van der Waals surface area contributed by atoms with Crippen molar-refractivity contribution < 1.29 is 9.21 Å². The lowest BCUT2D eigenvalue weighted by atomic mass is 10.2. The summed E-state index contributed by atoms with van der Waals surface area (Å²) in [7, 11) is 0. The van der Waals surface area contributed by atoms with Crippen LogP contribution in [-0.4, -0.2) is 64.2 Å². The average Bonchev–Trinajstić information content (AvgIpc) is 3.38. The summed E-state index contributed by atoms with van der Waals surface area (Å²) in [6.07, 6.45) is 2.23. The first-order valence-electron chi connectivity index (χ1n) is 9.89. The Bertz CT molecular complexity index is 830. The monoisotopic (exact) mass is 403 g/mol. The number of benzene rings is 1. The van der Waals surface area contributed by atoms with Crippen molar-refractivity contribution in [2.24, 2.45) is 0 Å². The van der Waals surface area contributed by atoms with Crippen LogP contribution < -0.4 is 5.32 Å². The smallest absolute Gasteiger partial charge is 0.247 e. The van der Waals surface area contributed by atoms with E-state index in [1.807, 2.05) is 31.2 Å². The molecule has 1 N–H and O–H groups in total. The van der Waals surface area contributed by atoms with Gasteiger partial charge in [0, 0.05) is 42.8 Å². The Morgan fingerprint density at radius 3 is 2.57 bits per heavy atom. The first-order chi connectivity index (χ1) is 13.5. The molecule has 8 heteroatoms. The Hall–Kier alpha value is -1.96. The molecule has 2 atom stereocenters. The molecule has 0 bridgehead atoms. The summed E-state index contributed by atoms with van der Waals surface area (Å²) in [5.74, 6) is 1.23. The van der Waals surface area contributed by atoms with Gasteiger partial charge in [0.2, 0.25) is 17.7 Å². The predicted molar refractivity (Wildman–Crippen MR) is 107 cm³/mol. The molecule has 1 aliphatic carbocycles. The number of nitrogens with one attached hydrogen (secondary N) is 1. The molecule has 28 heavy (non-hydrogen) atoms. The third-order valence-electron chi connectivity index (χ3n) is 5.62. The highest BCUT2D eigenvalue weighted by Crippen LogP contribution is 2.26. The van der Waals surface area contributed by atoms with Gasteiger partial charge in [0.25, 0.3) is 0 Å². The highest BCUT2D eigenvalue weighted by Gasteiger charge is 2.32. The van der Waals surface area contributed by atoms with E-state index in [9.17, 15) is 4.79 Å². The number of aromatic nitrogens is 2. The van der Waals surface area contributed by atoms with E-state index in [2.05, 4.69) is 32.2 Å². The molecule has 2 fully saturated rings. The Morgan fingerprint density at radius 1 is 1.18 bits per heavy atom. The maximum Gasteiger partial charge on any atom is 0.247 e. The van der Waals surface area contributed by atoms with E-state index in [1.165, 1.54) is 0 Å². The molecule has 0 radical (unpaired) electrons. The third-order valence-corrected chi connectivity index (χ3v) is 5.85. The van der Waals surface area contributed by atoms with Crippen LogP contribution >= 0.6 is 11.6 Å². The highest BCUT2D eigenvalue weighted by atomic mass is 35.5. The molecule has 1 aromatic carbocycles. The quantitative estimate of drug-likeness (QED) is 0.799. The van der Waals surface area contributed by atoms with Crippen molar-refractivity contribution in [2.75, 3.05) is 26.2 Å². The Morgan fingerprint density at radius 2 is 1.89 bits per heavy atom. The molecule has 1 aromatic heterocycles. The number of hydrogen-bond donors (Lipinski definition) is 1. The first-order valence-corrected chi connectivity index (χ1v) is 10.3. The number of carbonyl (C=O) groups is 1. The number of nitrogens with zero attached hydrogens (tertiary/aromatic N) is 4. The fourth-order valence-electron chi connectivity index (χ4n) is 3.53. The van der Waals surface area contributed by atoms with Crippen LogP contribution in [0.3, 0.4) is 0 Å². The summed E-state index contributed by atoms with van der Waals surface area (Å²) in [6.45, 7) is 7.48. The molecule has 0 spiro atoms. The summed E-state index contributed by atoms with van der Waals surface area (Å²) in [5.41, 5.74) is 0.818. The minimum Gasteiger partial charge on any atom is -0.419 e. The van der Waals surface area contributed by atoms with Gasteiger partial charge in [0.05, 0.1) is 12.1 Å². The van der Waals surface area contributed by atoms with E-state index in [0.717, 1.165) is 44.6 Å². The molecular weight excluding hydrogens is 378 g/mol. The summed E-state index contributed by atoms with van der Waals surface area (Å²) in [6, 6.07) is 7.74. The molecule has 1 saturated heterocycles. The molecular formula is C20H26ClN5O2. The normalized spacial score (nSPS) is 20.7. The first kappa shape index (κ1) is 19.4. The Kier molecular flexibility index (Phi) is 5.66. The van der Waals surface area contributed by atoms with Crippen LogP contribution in [-0.2, 0) is 4.79 Å². The zero-order valence-electron chi connectivity index (χ0n) is 16.3. The van der Waals surface area contributed by atoms with Crippen LogP contribution in [0.15, 0.2) is 28.7 Å². The summed E-state index contributed by atoms with van der Waals surface area (Å²) < 4.78 is 5.90. The molecule has 7 nitrogen and oxygen atoms in total. The lowest BCUT2D eigenvalue weighted by molar-refractivity contribution is -0.126. The molecule has 1 amide bonds. The van der Waals surface area contributed by atoms with Gasteiger partial charge in [-0.05, 0) is 44.9 Å². The molecule has 4 rings (SSSR count). The van der Waals surface area contributed by atoms with E-state index in [4.69, 9.17) is 16.0 Å². The number of halogens is 1. The van der Waals surface area contributed by atoms with Gasteiger partial charge in [0.1, 0.15) is 0 Å². The van der Waals surface area contributed by atoms with Gasteiger partial charge in [-0.2, -0.15) is 0 Å². The van der Waals surface area contributed by atoms with Gasteiger partial charge in [-0.15, -0.1) is 10.2 Å². The maximum absolute atomic E-state index is 12.3. The van der Waals surface area contributed by atoms with Crippen LogP contribution in [0.25, 0.3) is 11.5 Å². The van der Waals surface area contributed by atoms with Crippen LogP contribution in [0.1, 0.15) is 38.6 Å². The lowest BCUT2D eigenvalue weighted by Crippen LogP contribution is -2.54. The summed E-state index contributed by atoms with van der Waals surface area (Å²) in [4.78, 5) is 16.8. The summed E-state index contributed by atoms with van der Waals surface area (Å²) in [5, 5.41) is 12.2. The van der Waals surface area contributed by atoms with Gasteiger partial charge in [-0.25, -0.2) is 0 Å². The standard InChI is InChI=1S/C20H26ClN5O2/c1-13(18(27)22-17-6-7-17)25-8-10-26(11-9-25)14(2)19-23-24-20(28-19)15-4-3-5-16(21)12-15/h3-5,12-14,17H,6-11H2,1-2H3,(H,22,27). The molecule has 1 aliphatic heterocycles. The third kappa shape index (κ3) is 4.37. The minimum absolute atomic E-state index is 0.0261. The van der Waals surface area contributed by atoms with Gasteiger partial charge >= 0.3 is 0 Å². The molecule has 150 valence electrons. The largest absolute Gasteiger partial charge is 0.419 e. The second-order valence-electron chi connectivity index (χ2n) is 7.66. The second kappa shape index (κ2) is 8.19. The Balaban J connectivity index is 1.34. The van der Waals surface area contributed by atoms with Crippen molar-refractivity contribution >= 4 is 17.5 Å². The second-order valence-corrected chi connectivity index (χ2v) is 8.10. The maximum atomic E-state index is 12.3. The molecule has 2 aliphatic rings. The molecule has 2 aromatic rings. The van der Waals surface area contributed by atoms with Crippen molar-refractivity contribution in [1.82, 2.24) is 25.3 Å². The van der Waals surface area contributed by atoms with Crippen molar-refractivity contribution in [1.29, 1.82) is 0 Å².